The Kier molecular flexibility index (Phi) is 5.90. The number of hydrogen-bond acceptors (Lipinski definition) is 4. The SMILES string of the molecule is COc1cc(Br)c(S(=O)(=O)NCCC2CCNC2)cc1Cl. The summed E-state index contributed by atoms with van der Waals surface area (Å²) in [6.07, 6.45) is 1.92. The number of nitrogens with one attached hydrogen (secondary N) is 2. The molecule has 0 saturated carbocycles. The van der Waals surface area contributed by atoms with Gasteiger partial charge < -0.3 is 10.1 Å². The van der Waals surface area contributed by atoms with Crippen LogP contribution in [0.2, 0.25) is 5.02 Å². The fraction of sp³-hybridized carbons (Fsp3) is 0.538. The molecule has 1 unspecified atom stereocenters. The first-order chi connectivity index (χ1) is 9.94. The summed E-state index contributed by atoms with van der Waals surface area (Å²) in [6, 6.07) is 2.95. The van der Waals surface area contributed by atoms with Gasteiger partial charge in [-0.15, -0.1) is 0 Å². The van der Waals surface area contributed by atoms with Gasteiger partial charge in [0.25, 0.3) is 0 Å². The van der Waals surface area contributed by atoms with E-state index in [1.165, 1.54) is 13.2 Å². The Morgan fingerprint density at radius 3 is 2.90 bits per heavy atom. The van der Waals surface area contributed by atoms with E-state index in [1.807, 2.05) is 0 Å². The minimum Gasteiger partial charge on any atom is -0.495 e. The Hall–Kier alpha value is -0.340. The van der Waals surface area contributed by atoms with Crippen molar-refractivity contribution in [3.05, 3.63) is 21.6 Å². The maximum absolute atomic E-state index is 12.3. The zero-order valence-corrected chi connectivity index (χ0v) is 14.8. The number of sulfonamides is 1. The van der Waals surface area contributed by atoms with Crippen LogP contribution in [0.3, 0.4) is 0 Å². The highest BCUT2D eigenvalue weighted by molar-refractivity contribution is 9.10. The van der Waals surface area contributed by atoms with Crippen molar-refractivity contribution in [2.75, 3.05) is 26.7 Å². The topological polar surface area (TPSA) is 67.4 Å². The molecule has 5 nitrogen and oxygen atoms in total. The van der Waals surface area contributed by atoms with Crippen LogP contribution < -0.4 is 14.8 Å². The molecule has 2 N–H and O–H groups in total. The Morgan fingerprint density at radius 2 is 2.29 bits per heavy atom. The quantitative estimate of drug-likeness (QED) is 0.773. The summed E-state index contributed by atoms with van der Waals surface area (Å²) in [4.78, 5) is 0.123. The van der Waals surface area contributed by atoms with Crippen LogP contribution in [-0.2, 0) is 10.0 Å². The van der Waals surface area contributed by atoms with Crippen molar-refractivity contribution in [2.24, 2.45) is 5.92 Å². The molecule has 118 valence electrons. The molecular weight excluding hydrogens is 380 g/mol. The van der Waals surface area contributed by atoms with Crippen LogP contribution in [0.15, 0.2) is 21.5 Å². The van der Waals surface area contributed by atoms with Gasteiger partial charge in [-0.3, -0.25) is 0 Å². The third-order valence-corrected chi connectivity index (χ3v) is 6.22. The van der Waals surface area contributed by atoms with Crippen molar-refractivity contribution < 1.29 is 13.2 Å². The van der Waals surface area contributed by atoms with Crippen LogP contribution in [-0.4, -0.2) is 35.2 Å². The van der Waals surface area contributed by atoms with Crippen molar-refractivity contribution in [1.29, 1.82) is 0 Å². The molecule has 1 heterocycles. The van der Waals surface area contributed by atoms with E-state index in [2.05, 4.69) is 26.0 Å². The Labute approximate surface area is 138 Å². The maximum atomic E-state index is 12.3. The summed E-state index contributed by atoms with van der Waals surface area (Å²) >= 11 is 9.25. The number of ether oxygens (including phenoxy) is 1. The van der Waals surface area contributed by atoms with Gasteiger partial charge in [-0.25, -0.2) is 13.1 Å². The van der Waals surface area contributed by atoms with Crippen LogP contribution in [0.4, 0.5) is 0 Å². The molecule has 0 bridgehead atoms. The first-order valence-electron chi connectivity index (χ1n) is 6.67. The predicted molar refractivity (Wildman–Crippen MR) is 86.5 cm³/mol. The van der Waals surface area contributed by atoms with Crippen LogP contribution in [0.1, 0.15) is 12.8 Å². The van der Waals surface area contributed by atoms with Gasteiger partial charge in [0.1, 0.15) is 5.75 Å². The lowest BCUT2D eigenvalue weighted by Crippen LogP contribution is -2.27. The molecular formula is C13H18BrClN2O3S. The highest BCUT2D eigenvalue weighted by Gasteiger charge is 2.21. The van der Waals surface area contributed by atoms with Crippen LogP contribution >= 0.6 is 27.5 Å². The monoisotopic (exact) mass is 396 g/mol. The number of halogens is 2. The second kappa shape index (κ2) is 7.28. The maximum Gasteiger partial charge on any atom is 0.241 e. The Balaban J connectivity index is 2.06. The lowest BCUT2D eigenvalue weighted by Gasteiger charge is -2.12. The lowest BCUT2D eigenvalue weighted by molar-refractivity contribution is 0.414. The van der Waals surface area contributed by atoms with E-state index in [0.717, 1.165) is 25.9 Å². The predicted octanol–water partition coefficient (Wildman–Crippen LogP) is 2.39. The van der Waals surface area contributed by atoms with Gasteiger partial charge in [0.15, 0.2) is 0 Å². The Morgan fingerprint density at radius 1 is 1.52 bits per heavy atom. The molecule has 0 amide bonds. The molecule has 1 aromatic carbocycles. The molecule has 8 heteroatoms. The van der Waals surface area contributed by atoms with Gasteiger partial charge in [0.05, 0.1) is 17.0 Å². The lowest BCUT2D eigenvalue weighted by atomic mass is 10.1. The zero-order chi connectivity index (χ0) is 15.5. The molecule has 21 heavy (non-hydrogen) atoms. The molecule has 0 spiro atoms. The van der Waals surface area contributed by atoms with Crippen molar-refractivity contribution in [3.8, 4) is 5.75 Å². The fourth-order valence-electron chi connectivity index (χ4n) is 2.31. The number of methoxy groups -OCH3 is 1. The van der Waals surface area contributed by atoms with Crippen LogP contribution in [0.5, 0.6) is 5.75 Å². The van der Waals surface area contributed by atoms with E-state index in [9.17, 15) is 8.42 Å². The van der Waals surface area contributed by atoms with Crippen molar-refractivity contribution in [1.82, 2.24) is 10.0 Å². The standard InChI is InChI=1S/C13H18BrClN2O3S/c1-20-12-6-10(14)13(7-11(12)15)21(18,19)17-5-3-9-2-4-16-8-9/h6-7,9,16-17H,2-5,8H2,1H3. The Bertz CT molecular complexity index is 604. The van der Waals surface area contributed by atoms with E-state index in [1.54, 1.807) is 6.07 Å². The largest absolute Gasteiger partial charge is 0.495 e. The third kappa shape index (κ3) is 4.32. The van der Waals surface area contributed by atoms with Crippen molar-refractivity contribution in [2.45, 2.75) is 17.7 Å². The van der Waals surface area contributed by atoms with Gasteiger partial charge in [0.2, 0.25) is 10.0 Å². The fourth-order valence-corrected chi connectivity index (χ4v) is 4.71. The summed E-state index contributed by atoms with van der Waals surface area (Å²) in [5.74, 6) is 0.968. The van der Waals surface area contributed by atoms with Crippen molar-refractivity contribution >= 4 is 37.6 Å². The first-order valence-corrected chi connectivity index (χ1v) is 9.33. The molecule has 0 aromatic heterocycles. The smallest absolute Gasteiger partial charge is 0.241 e. The molecule has 2 rings (SSSR count). The highest BCUT2D eigenvalue weighted by atomic mass is 79.9. The first kappa shape index (κ1) is 17.0. The minimum absolute atomic E-state index is 0.123. The summed E-state index contributed by atoms with van der Waals surface area (Å²) in [6.45, 7) is 2.39. The number of benzene rings is 1. The molecule has 0 aliphatic carbocycles. The van der Waals surface area contributed by atoms with Gasteiger partial charge in [-0.2, -0.15) is 0 Å². The van der Waals surface area contributed by atoms with Gasteiger partial charge in [-0.05, 0) is 59.9 Å². The van der Waals surface area contributed by atoms with E-state index in [0.29, 0.717) is 22.7 Å². The second-order valence-corrected chi connectivity index (χ2v) is 7.96. The van der Waals surface area contributed by atoms with Gasteiger partial charge >= 0.3 is 0 Å². The van der Waals surface area contributed by atoms with Crippen LogP contribution in [0.25, 0.3) is 0 Å². The normalized spacial score (nSPS) is 18.9. The second-order valence-electron chi connectivity index (χ2n) is 4.96. The number of hydrogen-bond donors (Lipinski definition) is 2. The third-order valence-electron chi connectivity index (χ3n) is 3.50. The van der Waals surface area contributed by atoms with E-state index in [4.69, 9.17) is 16.3 Å². The molecule has 1 aliphatic rings. The summed E-state index contributed by atoms with van der Waals surface area (Å²) in [5.41, 5.74) is 0. The van der Waals surface area contributed by atoms with E-state index < -0.39 is 10.0 Å². The average molecular weight is 398 g/mol. The average Bonchev–Trinajstić information content (AvgIpc) is 2.93. The molecule has 1 atom stereocenters. The molecule has 1 fully saturated rings. The molecule has 1 aromatic rings. The van der Waals surface area contributed by atoms with E-state index >= 15 is 0 Å². The highest BCUT2D eigenvalue weighted by Crippen LogP contribution is 2.33. The van der Waals surface area contributed by atoms with Crippen LogP contribution in [0, 0.1) is 5.92 Å². The van der Waals surface area contributed by atoms with Gasteiger partial charge in [0, 0.05) is 11.0 Å². The summed E-state index contributed by atoms with van der Waals surface area (Å²) in [7, 11) is -2.11. The van der Waals surface area contributed by atoms with Crippen molar-refractivity contribution in [3.63, 3.8) is 0 Å². The molecule has 0 radical (unpaired) electrons. The number of rotatable bonds is 6. The summed E-state index contributed by atoms with van der Waals surface area (Å²) in [5, 5.41) is 3.53. The minimum atomic E-state index is -3.59. The molecule has 1 saturated heterocycles. The zero-order valence-electron chi connectivity index (χ0n) is 11.7. The summed E-state index contributed by atoms with van der Waals surface area (Å²) < 4.78 is 32.8. The molecule has 1 aliphatic heterocycles. The van der Waals surface area contributed by atoms with E-state index in [-0.39, 0.29) is 9.92 Å². The van der Waals surface area contributed by atoms with Gasteiger partial charge in [-0.1, -0.05) is 11.6 Å².